The minimum Gasteiger partial charge on any atom is -0.326 e. The minimum absolute atomic E-state index is 0.266. The molecule has 2 aromatic carbocycles. The van der Waals surface area contributed by atoms with Gasteiger partial charge in [-0.25, -0.2) is 0 Å². The number of aryl methyl sites for hydroxylation is 1. The fourth-order valence-corrected chi connectivity index (χ4v) is 2.36. The molecule has 4 nitrogen and oxygen atoms in total. The first-order valence-corrected chi connectivity index (χ1v) is 7.72. The molecule has 6 heteroatoms. The summed E-state index contributed by atoms with van der Waals surface area (Å²) in [5.74, 6) is -0.777. The summed E-state index contributed by atoms with van der Waals surface area (Å²) in [5, 5.41) is 5.83. The first-order chi connectivity index (χ1) is 10.4. The van der Waals surface area contributed by atoms with E-state index in [1.807, 2.05) is 13.0 Å². The van der Waals surface area contributed by atoms with Crippen LogP contribution in [-0.2, 0) is 9.59 Å². The number of hydrogen-bond donors (Lipinski definition) is 2. The van der Waals surface area contributed by atoms with Gasteiger partial charge in [0, 0.05) is 20.9 Å². The van der Waals surface area contributed by atoms with Crippen molar-refractivity contribution in [3.8, 4) is 0 Å². The lowest BCUT2D eigenvalue weighted by atomic mass is 10.2. The van der Waals surface area contributed by atoms with Crippen molar-refractivity contribution in [3.63, 3.8) is 0 Å². The third-order valence-electron chi connectivity index (χ3n) is 2.89. The Balaban J connectivity index is 1.91. The van der Waals surface area contributed by atoms with Crippen molar-refractivity contribution < 1.29 is 9.59 Å². The van der Waals surface area contributed by atoms with Crippen LogP contribution in [0.5, 0.6) is 0 Å². The maximum Gasteiger partial charge on any atom is 0.233 e. The highest BCUT2D eigenvalue weighted by atomic mass is 79.9. The van der Waals surface area contributed by atoms with Gasteiger partial charge in [0.1, 0.15) is 6.42 Å². The second-order valence-electron chi connectivity index (χ2n) is 4.75. The molecule has 0 aliphatic rings. The van der Waals surface area contributed by atoms with Crippen LogP contribution in [0.25, 0.3) is 0 Å². The van der Waals surface area contributed by atoms with E-state index >= 15 is 0 Å². The molecule has 0 fully saturated rings. The van der Waals surface area contributed by atoms with E-state index in [-0.39, 0.29) is 12.3 Å². The zero-order valence-corrected chi connectivity index (χ0v) is 14.2. The Morgan fingerprint density at radius 1 is 1.05 bits per heavy atom. The van der Waals surface area contributed by atoms with Crippen molar-refractivity contribution in [1.29, 1.82) is 0 Å². The zero-order valence-electron chi connectivity index (χ0n) is 11.8. The van der Waals surface area contributed by atoms with Gasteiger partial charge in [0.15, 0.2) is 0 Å². The second kappa shape index (κ2) is 7.42. The highest BCUT2D eigenvalue weighted by Gasteiger charge is 2.10. The van der Waals surface area contributed by atoms with E-state index in [1.54, 1.807) is 36.4 Å². The van der Waals surface area contributed by atoms with Gasteiger partial charge in [-0.2, -0.15) is 0 Å². The lowest BCUT2D eigenvalue weighted by Gasteiger charge is -2.08. The summed E-state index contributed by atoms with van der Waals surface area (Å²) < 4.78 is 0.897. The largest absolute Gasteiger partial charge is 0.326 e. The van der Waals surface area contributed by atoms with E-state index in [9.17, 15) is 9.59 Å². The fraction of sp³-hybridized carbons (Fsp3) is 0.125. The number of halogens is 2. The molecule has 0 saturated heterocycles. The monoisotopic (exact) mass is 380 g/mol. The van der Waals surface area contributed by atoms with E-state index in [4.69, 9.17) is 11.6 Å². The molecule has 0 spiro atoms. The van der Waals surface area contributed by atoms with Crippen molar-refractivity contribution in [1.82, 2.24) is 0 Å². The normalized spacial score (nSPS) is 10.1. The van der Waals surface area contributed by atoms with Crippen LogP contribution < -0.4 is 10.6 Å². The van der Waals surface area contributed by atoms with Crippen LogP contribution in [0.1, 0.15) is 12.0 Å². The molecule has 0 aromatic heterocycles. The Labute approximate surface area is 142 Å². The molecule has 2 rings (SSSR count). The summed E-state index contributed by atoms with van der Waals surface area (Å²) in [5.41, 5.74) is 2.26. The number of rotatable bonds is 4. The van der Waals surface area contributed by atoms with E-state index in [0.717, 1.165) is 10.0 Å². The van der Waals surface area contributed by atoms with Gasteiger partial charge >= 0.3 is 0 Å². The number of benzene rings is 2. The molecule has 0 radical (unpaired) electrons. The number of nitrogens with one attached hydrogen (secondary N) is 2. The third-order valence-corrected chi connectivity index (χ3v) is 3.97. The molecule has 0 aliphatic heterocycles. The van der Waals surface area contributed by atoms with Gasteiger partial charge in [-0.1, -0.05) is 39.7 Å². The molecule has 114 valence electrons. The first-order valence-electron chi connectivity index (χ1n) is 6.55. The van der Waals surface area contributed by atoms with Crippen molar-refractivity contribution in [3.05, 3.63) is 57.5 Å². The van der Waals surface area contributed by atoms with E-state index in [0.29, 0.717) is 16.4 Å². The van der Waals surface area contributed by atoms with Crippen molar-refractivity contribution in [2.45, 2.75) is 13.3 Å². The van der Waals surface area contributed by atoms with Crippen LogP contribution in [0.2, 0.25) is 5.02 Å². The predicted octanol–water partition coefficient (Wildman–Crippen LogP) is 4.38. The van der Waals surface area contributed by atoms with Crippen LogP contribution in [-0.4, -0.2) is 11.8 Å². The fourth-order valence-electron chi connectivity index (χ4n) is 1.79. The predicted molar refractivity (Wildman–Crippen MR) is 92.2 cm³/mol. The molecule has 0 aliphatic carbocycles. The summed E-state index contributed by atoms with van der Waals surface area (Å²) in [6.45, 7) is 1.95. The summed E-state index contributed by atoms with van der Waals surface area (Å²) >= 11 is 9.23. The van der Waals surface area contributed by atoms with Gasteiger partial charge in [0.05, 0.1) is 0 Å². The van der Waals surface area contributed by atoms with Gasteiger partial charge in [-0.3, -0.25) is 9.59 Å². The SMILES string of the molecule is Cc1ccc(NC(=O)CC(=O)Nc2cccc(Cl)c2)cc1Br. The Hall–Kier alpha value is -1.85. The lowest BCUT2D eigenvalue weighted by molar-refractivity contribution is -0.123. The van der Waals surface area contributed by atoms with E-state index in [1.165, 1.54) is 0 Å². The van der Waals surface area contributed by atoms with E-state index in [2.05, 4.69) is 26.6 Å². The van der Waals surface area contributed by atoms with Gasteiger partial charge in [-0.05, 0) is 42.8 Å². The van der Waals surface area contributed by atoms with Crippen molar-refractivity contribution >= 4 is 50.7 Å². The number of anilines is 2. The van der Waals surface area contributed by atoms with Crippen LogP contribution in [0.3, 0.4) is 0 Å². The van der Waals surface area contributed by atoms with Crippen molar-refractivity contribution in [2.24, 2.45) is 0 Å². The Morgan fingerprint density at radius 2 is 1.68 bits per heavy atom. The Kier molecular flexibility index (Phi) is 5.57. The van der Waals surface area contributed by atoms with Gasteiger partial charge in [-0.15, -0.1) is 0 Å². The molecule has 0 unspecified atom stereocenters. The van der Waals surface area contributed by atoms with Gasteiger partial charge < -0.3 is 10.6 Å². The van der Waals surface area contributed by atoms with Crippen LogP contribution >= 0.6 is 27.5 Å². The molecular formula is C16H14BrClN2O2. The molecule has 22 heavy (non-hydrogen) atoms. The van der Waals surface area contributed by atoms with Gasteiger partial charge in [0.25, 0.3) is 0 Å². The number of hydrogen-bond acceptors (Lipinski definition) is 2. The van der Waals surface area contributed by atoms with E-state index < -0.39 is 5.91 Å². The highest BCUT2D eigenvalue weighted by Crippen LogP contribution is 2.20. The molecule has 0 bridgehead atoms. The molecule has 2 amide bonds. The maximum atomic E-state index is 11.9. The first kappa shape index (κ1) is 16.5. The Bertz CT molecular complexity index is 719. The van der Waals surface area contributed by atoms with Crippen molar-refractivity contribution in [2.75, 3.05) is 10.6 Å². The molecular weight excluding hydrogens is 368 g/mol. The topological polar surface area (TPSA) is 58.2 Å². The molecule has 2 N–H and O–H groups in total. The van der Waals surface area contributed by atoms with Crippen LogP contribution in [0, 0.1) is 6.92 Å². The van der Waals surface area contributed by atoms with Crippen LogP contribution in [0.15, 0.2) is 46.9 Å². The third kappa shape index (κ3) is 4.86. The quantitative estimate of drug-likeness (QED) is 0.772. The molecule has 2 aromatic rings. The Morgan fingerprint density at radius 3 is 2.27 bits per heavy atom. The maximum absolute atomic E-state index is 11.9. The smallest absolute Gasteiger partial charge is 0.233 e. The number of carbonyl (C=O) groups excluding carboxylic acids is 2. The average Bonchev–Trinajstić information content (AvgIpc) is 2.42. The standard InChI is InChI=1S/C16H14BrClN2O2/c1-10-5-6-13(8-14(10)17)20-16(22)9-15(21)19-12-4-2-3-11(18)7-12/h2-8H,9H2,1H3,(H,19,21)(H,20,22). The lowest BCUT2D eigenvalue weighted by Crippen LogP contribution is -2.21. The highest BCUT2D eigenvalue weighted by molar-refractivity contribution is 9.10. The molecule has 0 atom stereocenters. The molecule has 0 heterocycles. The van der Waals surface area contributed by atoms with Gasteiger partial charge in [0.2, 0.25) is 11.8 Å². The van der Waals surface area contributed by atoms with Crippen LogP contribution in [0.4, 0.5) is 11.4 Å². The zero-order chi connectivity index (χ0) is 16.1. The molecule has 0 saturated carbocycles. The summed E-state index contributed by atoms with van der Waals surface area (Å²) in [4.78, 5) is 23.7. The number of amides is 2. The second-order valence-corrected chi connectivity index (χ2v) is 6.04. The average molecular weight is 382 g/mol. The summed E-state index contributed by atoms with van der Waals surface area (Å²) in [6.07, 6.45) is -0.266. The minimum atomic E-state index is -0.397. The summed E-state index contributed by atoms with van der Waals surface area (Å²) in [6, 6.07) is 12.2. The summed E-state index contributed by atoms with van der Waals surface area (Å²) in [7, 11) is 0. The number of carbonyl (C=O) groups is 2.